The summed E-state index contributed by atoms with van der Waals surface area (Å²) in [6.07, 6.45) is 4.26. The Balaban J connectivity index is 1.83. The molecule has 16 heavy (non-hydrogen) atoms. The van der Waals surface area contributed by atoms with Crippen LogP contribution < -0.4 is 10.1 Å². The van der Waals surface area contributed by atoms with E-state index in [1.165, 1.54) is 11.1 Å². The molecule has 1 aromatic carbocycles. The molecule has 0 aromatic heterocycles. The Kier molecular flexibility index (Phi) is 3.62. The minimum Gasteiger partial charge on any atom is -0.488 e. The lowest BCUT2D eigenvalue weighted by atomic mass is 10.1. The average Bonchev–Trinajstić information content (AvgIpc) is 2.66. The first-order chi connectivity index (χ1) is 7.79. The SMILES string of the molecule is C=CCCNCC1Cc2cc(C)ccc2O1. The standard InChI is InChI=1S/C14H19NO/c1-3-4-7-15-10-13-9-12-8-11(2)5-6-14(12)16-13/h3,5-6,8,13,15H,1,4,7,9-10H2,2H3. The van der Waals surface area contributed by atoms with Gasteiger partial charge in [-0.15, -0.1) is 6.58 Å². The highest BCUT2D eigenvalue weighted by Gasteiger charge is 2.21. The predicted molar refractivity (Wildman–Crippen MR) is 67.0 cm³/mol. The van der Waals surface area contributed by atoms with Gasteiger partial charge in [-0.25, -0.2) is 0 Å². The minimum absolute atomic E-state index is 0.293. The molecule has 1 heterocycles. The third-order valence-corrected chi connectivity index (χ3v) is 2.85. The number of hydrogen-bond acceptors (Lipinski definition) is 2. The van der Waals surface area contributed by atoms with Gasteiger partial charge in [0.05, 0.1) is 0 Å². The van der Waals surface area contributed by atoms with E-state index in [0.717, 1.165) is 31.7 Å². The van der Waals surface area contributed by atoms with Gasteiger partial charge in [-0.05, 0) is 31.5 Å². The van der Waals surface area contributed by atoms with Gasteiger partial charge < -0.3 is 10.1 Å². The van der Waals surface area contributed by atoms with Crippen LogP contribution in [0.15, 0.2) is 30.9 Å². The van der Waals surface area contributed by atoms with Crippen molar-refractivity contribution in [2.75, 3.05) is 13.1 Å². The number of fused-ring (bicyclic) bond motifs is 1. The number of benzene rings is 1. The third-order valence-electron chi connectivity index (χ3n) is 2.85. The number of rotatable bonds is 5. The average molecular weight is 217 g/mol. The molecule has 0 radical (unpaired) electrons. The monoisotopic (exact) mass is 217 g/mol. The lowest BCUT2D eigenvalue weighted by Crippen LogP contribution is -2.30. The van der Waals surface area contributed by atoms with E-state index in [2.05, 4.69) is 37.0 Å². The first-order valence-electron chi connectivity index (χ1n) is 5.87. The molecule has 0 amide bonds. The molecular formula is C14H19NO. The van der Waals surface area contributed by atoms with Crippen molar-refractivity contribution in [3.63, 3.8) is 0 Å². The van der Waals surface area contributed by atoms with E-state index in [9.17, 15) is 0 Å². The Morgan fingerprint density at radius 3 is 3.25 bits per heavy atom. The molecule has 0 saturated carbocycles. The molecule has 0 aliphatic carbocycles. The summed E-state index contributed by atoms with van der Waals surface area (Å²) in [5.41, 5.74) is 2.65. The molecule has 0 spiro atoms. The molecule has 1 unspecified atom stereocenters. The van der Waals surface area contributed by atoms with E-state index >= 15 is 0 Å². The van der Waals surface area contributed by atoms with Crippen LogP contribution in [0.3, 0.4) is 0 Å². The van der Waals surface area contributed by atoms with Crippen LogP contribution in [0.5, 0.6) is 5.75 Å². The van der Waals surface area contributed by atoms with Crippen LogP contribution in [-0.2, 0) is 6.42 Å². The van der Waals surface area contributed by atoms with Crippen molar-refractivity contribution in [3.8, 4) is 5.75 Å². The predicted octanol–water partition coefficient (Wildman–Crippen LogP) is 2.46. The van der Waals surface area contributed by atoms with Crippen molar-refractivity contribution in [1.82, 2.24) is 5.32 Å². The molecule has 86 valence electrons. The maximum absolute atomic E-state index is 5.85. The fraction of sp³-hybridized carbons (Fsp3) is 0.429. The maximum atomic E-state index is 5.85. The topological polar surface area (TPSA) is 21.3 Å². The third kappa shape index (κ3) is 2.64. The van der Waals surface area contributed by atoms with Crippen molar-refractivity contribution < 1.29 is 4.74 Å². The van der Waals surface area contributed by atoms with E-state index in [0.29, 0.717) is 6.10 Å². The van der Waals surface area contributed by atoms with E-state index in [1.807, 2.05) is 6.08 Å². The zero-order valence-corrected chi connectivity index (χ0v) is 9.83. The lowest BCUT2D eigenvalue weighted by Gasteiger charge is -2.10. The molecule has 2 rings (SSSR count). The smallest absolute Gasteiger partial charge is 0.123 e. The highest BCUT2D eigenvalue weighted by atomic mass is 16.5. The Morgan fingerprint density at radius 2 is 2.44 bits per heavy atom. The zero-order valence-electron chi connectivity index (χ0n) is 9.83. The number of hydrogen-bond donors (Lipinski definition) is 1. The highest BCUT2D eigenvalue weighted by molar-refractivity contribution is 5.40. The Labute approximate surface area is 97.3 Å². The van der Waals surface area contributed by atoms with Crippen LogP contribution >= 0.6 is 0 Å². The maximum Gasteiger partial charge on any atom is 0.123 e. The molecular weight excluding hydrogens is 198 g/mol. The summed E-state index contributed by atoms with van der Waals surface area (Å²) in [5, 5.41) is 3.38. The Hall–Kier alpha value is -1.28. The summed E-state index contributed by atoms with van der Waals surface area (Å²) in [5.74, 6) is 1.06. The molecule has 2 heteroatoms. The minimum atomic E-state index is 0.293. The van der Waals surface area contributed by atoms with E-state index in [1.54, 1.807) is 0 Å². The molecule has 2 nitrogen and oxygen atoms in total. The van der Waals surface area contributed by atoms with Gasteiger partial charge in [0.1, 0.15) is 11.9 Å². The zero-order chi connectivity index (χ0) is 11.4. The molecule has 1 aliphatic rings. The summed E-state index contributed by atoms with van der Waals surface area (Å²) < 4.78 is 5.85. The highest BCUT2D eigenvalue weighted by Crippen LogP contribution is 2.29. The van der Waals surface area contributed by atoms with Crippen LogP contribution in [-0.4, -0.2) is 19.2 Å². The molecule has 1 N–H and O–H groups in total. The molecule has 0 saturated heterocycles. The van der Waals surface area contributed by atoms with Gasteiger partial charge in [-0.3, -0.25) is 0 Å². The summed E-state index contributed by atoms with van der Waals surface area (Å²) in [7, 11) is 0. The largest absolute Gasteiger partial charge is 0.488 e. The van der Waals surface area contributed by atoms with Gasteiger partial charge in [-0.2, -0.15) is 0 Å². The first-order valence-corrected chi connectivity index (χ1v) is 5.87. The normalized spacial score (nSPS) is 17.9. The summed E-state index contributed by atoms with van der Waals surface area (Å²) in [6, 6.07) is 6.40. The van der Waals surface area contributed by atoms with Gasteiger partial charge in [0.15, 0.2) is 0 Å². The van der Waals surface area contributed by atoms with Crippen molar-refractivity contribution in [1.29, 1.82) is 0 Å². The molecule has 1 aromatic rings. The molecule has 1 aliphatic heterocycles. The van der Waals surface area contributed by atoms with Crippen LogP contribution in [0.4, 0.5) is 0 Å². The van der Waals surface area contributed by atoms with Gasteiger partial charge in [-0.1, -0.05) is 23.8 Å². The Bertz CT molecular complexity index is 373. The number of aryl methyl sites for hydroxylation is 1. The fourth-order valence-electron chi connectivity index (χ4n) is 2.03. The number of nitrogens with one attached hydrogen (secondary N) is 1. The van der Waals surface area contributed by atoms with Crippen molar-refractivity contribution in [3.05, 3.63) is 42.0 Å². The van der Waals surface area contributed by atoms with Crippen LogP contribution in [0.25, 0.3) is 0 Å². The molecule has 0 fully saturated rings. The second-order valence-electron chi connectivity index (χ2n) is 4.34. The molecule has 1 atom stereocenters. The van der Waals surface area contributed by atoms with Crippen molar-refractivity contribution in [2.45, 2.75) is 25.9 Å². The summed E-state index contributed by atoms with van der Waals surface area (Å²) in [4.78, 5) is 0. The van der Waals surface area contributed by atoms with Gasteiger partial charge in [0.2, 0.25) is 0 Å². The van der Waals surface area contributed by atoms with E-state index in [4.69, 9.17) is 4.74 Å². The first kappa shape index (κ1) is 11.2. The number of ether oxygens (including phenoxy) is 1. The van der Waals surface area contributed by atoms with Gasteiger partial charge in [0, 0.05) is 13.0 Å². The van der Waals surface area contributed by atoms with Gasteiger partial charge in [0.25, 0.3) is 0 Å². The quantitative estimate of drug-likeness (QED) is 0.604. The van der Waals surface area contributed by atoms with Crippen molar-refractivity contribution in [2.24, 2.45) is 0 Å². The lowest BCUT2D eigenvalue weighted by molar-refractivity contribution is 0.228. The Morgan fingerprint density at radius 1 is 1.56 bits per heavy atom. The molecule has 0 bridgehead atoms. The van der Waals surface area contributed by atoms with E-state index in [-0.39, 0.29) is 0 Å². The van der Waals surface area contributed by atoms with Crippen LogP contribution in [0.1, 0.15) is 17.5 Å². The summed E-state index contributed by atoms with van der Waals surface area (Å²) >= 11 is 0. The van der Waals surface area contributed by atoms with Gasteiger partial charge >= 0.3 is 0 Å². The second-order valence-corrected chi connectivity index (χ2v) is 4.34. The van der Waals surface area contributed by atoms with E-state index < -0.39 is 0 Å². The van der Waals surface area contributed by atoms with Crippen LogP contribution in [0.2, 0.25) is 0 Å². The second kappa shape index (κ2) is 5.17. The van der Waals surface area contributed by atoms with Crippen molar-refractivity contribution >= 4 is 0 Å². The fourth-order valence-corrected chi connectivity index (χ4v) is 2.03. The van der Waals surface area contributed by atoms with Crippen LogP contribution in [0, 0.1) is 6.92 Å². The summed E-state index contributed by atoms with van der Waals surface area (Å²) in [6.45, 7) is 7.72.